The number of rotatable bonds is 45. The third-order valence-corrected chi connectivity index (χ3v) is 16.3. The van der Waals surface area contributed by atoms with Gasteiger partial charge < -0.3 is 92.0 Å². The number of carbonyl (C=O) groups excluding carboxylic acids is 10. The van der Waals surface area contributed by atoms with Gasteiger partial charge >= 0.3 is 60.2 Å². The molecule has 2 saturated carbocycles. The van der Waals surface area contributed by atoms with Crippen molar-refractivity contribution in [3.05, 3.63) is 75.9 Å². The molecule has 2 fully saturated rings. The van der Waals surface area contributed by atoms with Crippen molar-refractivity contribution in [2.45, 2.75) is 149 Å². The van der Waals surface area contributed by atoms with Gasteiger partial charge in [0.05, 0.1) is 56.7 Å². The lowest BCUT2D eigenvalue weighted by Crippen LogP contribution is -2.58. The zero-order chi connectivity index (χ0) is 71.3. The largest absolute Gasteiger partial charge is 0.462 e. The molecule has 0 spiro atoms. The Morgan fingerprint density at radius 3 is 1.25 bits per heavy atom. The number of hydrogen-bond acceptors (Lipinski definition) is 25. The van der Waals surface area contributed by atoms with Crippen LogP contribution in [0.1, 0.15) is 99.8 Å². The quantitative estimate of drug-likeness (QED) is 0.0121. The second kappa shape index (κ2) is 42.0. The Hall–Kier alpha value is -7.64. The fourth-order valence-corrected chi connectivity index (χ4v) is 11.6. The molecule has 4 amide bonds. The molecule has 0 aromatic carbocycles. The van der Waals surface area contributed by atoms with Gasteiger partial charge in [-0.05, 0) is 83.2 Å². The summed E-state index contributed by atoms with van der Waals surface area (Å²) in [6.45, 7) is 34.6. The number of hydrogen-bond donors (Lipinski definition) is 4. The first-order valence-corrected chi connectivity index (χ1v) is 34.3. The summed E-state index contributed by atoms with van der Waals surface area (Å²) >= 11 is 0. The highest BCUT2D eigenvalue weighted by molar-refractivity contribution is 6.71. The van der Waals surface area contributed by atoms with Crippen LogP contribution in [0.2, 0.25) is 13.1 Å². The fraction of sp³-hybridized carbons (Fsp3) is 0.662. The predicted octanol–water partition coefficient (Wildman–Crippen LogP) is 6.87. The molecule has 0 aliphatic heterocycles. The SMILES string of the molecule is C=CC(=O)OCCCOCC(COC(=O)C=C)(COC(=O)C=C)COC(=O)NC1CC(NC(=O)OC(C)COCO[Si](C)(C)COCC(C)OC(=O)NC2CC(C)(C)CC(C)(NC(=O)OCC(COCCCOC(=O)C=C)(COC(=O)C=C)COC(=O)C=C)C2)CC(C)(C)C1. The van der Waals surface area contributed by atoms with E-state index in [-0.39, 0.29) is 89.5 Å². The highest BCUT2D eigenvalue weighted by atomic mass is 28.4. The number of nitrogens with one attached hydrogen (secondary N) is 4. The van der Waals surface area contributed by atoms with E-state index >= 15 is 0 Å². The van der Waals surface area contributed by atoms with Gasteiger partial charge in [-0.3, -0.25) is 0 Å². The van der Waals surface area contributed by atoms with E-state index in [9.17, 15) is 47.9 Å². The van der Waals surface area contributed by atoms with Crippen LogP contribution in [0.5, 0.6) is 0 Å². The molecule has 2 rings (SSSR count). The average molecular weight is 1370 g/mol. The van der Waals surface area contributed by atoms with E-state index in [0.29, 0.717) is 38.5 Å². The molecule has 95 heavy (non-hydrogen) atoms. The normalized spacial score (nSPS) is 18.7. The number of alkyl carbamates (subject to hydrolysis) is 4. The van der Waals surface area contributed by atoms with Gasteiger partial charge in [-0.25, -0.2) is 47.9 Å². The van der Waals surface area contributed by atoms with Gasteiger partial charge in [0, 0.05) is 86.2 Å². The minimum absolute atomic E-state index is 0.00457. The molecular formula is C65H102N4O25Si. The molecule has 4 N–H and O–H groups in total. The summed E-state index contributed by atoms with van der Waals surface area (Å²) in [5.74, 6) is -4.34. The summed E-state index contributed by atoms with van der Waals surface area (Å²) in [5.41, 5.74) is -4.39. The molecule has 0 aromatic rings. The molecule has 0 aromatic heterocycles. The lowest BCUT2D eigenvalue weighted by Gasteiger charge is -2.46. The van der Waals surface area contributed by atoms with Crippen molar-refractivity contribution >= 4 is 68.5 Å². The predicted molar refractivity (Wildman–Crippen MR) is 345 cm³/mol. The Labute approximate surface area is 558 Å². The van der Waals surface area contributed by atoms with Gasteiger partial charge in [0.15, 0.2) is 0 Å². The van der Waals surface area contributed by atoms with Gasteiger partial charge in [0.1, 0.15) is 58.6 Å². The van der Waals surface area contributed by atoms with Crippen LogP contribution in [0.25, 0.3) is 0 Å². The second-order valence-corrected chi connectivity index (χ2v) is 30.2. The first-order chi connectivity index (χ1) is 44.7. The van der Waals surface area contributed by atoms with Crippen LogP contribution in [0.3, 0.4) is 0 Å². The van der Waals surface area contributed by atoms with Gasteiger partial charge in [-0.15, -0.1) is 0 Å². The van der Waals surface area contributed by atoms with Crippen LogP contribution in [0.15, 0.2) is 75.9 Å². The van der Waals surface area contributed by atoms with Crippen LogP contribution >= 0.6 is 0 Å². The molecule has 0 bridgehead atoms. The topological polar surface area (TPSA) is 357 Å². The molecule has 0 radical (unpaired) electrons. The van der Waals surface area contributed by atoms with Crippen molar-refractivity contribution in [1.82, 2.24) is 21.3 Å². The molecule has 2 aliphatic carbocycles. The molecule has 6 unspecified atom stereocenters. The van der Waals surface area contributed by atoms with Crippen LogP contribution in [0.4, 0.5) is 19.2 Å². The Morgan fingerprint density at radius 1 is 0.453 bits per heavy atom. The first-order valence-electron chi connectivity index (χ1n) is 31.2. The lowest BCUT2D eigenvalue weighted by atomic mass is 9.67. The highest BCUT2D eigenvalue weighted by Crippen LogP contribution is 2.41. The van der Waals surface area contributed by atoms with E-state index in [1.807, 2.05) is 47.7 Å². The van der Waals surface area contributed by atoms with Crippen LogP contribution in [0, 0.1) is 21.7 Å². The minimum Gasteiger partial charge on any atom is -0.462 e. The number of amides is 4. The summed E-state index contributed by atoms with van der Waals surface area (Å²) in [5, 5.41) is 11.6. The molecule has 2 aliphatic rings. The zero-order valence-electron chi connectivity index (χ0n) is 56.8. The molecule has 0 saturated heterocycles. The van der Waals surface area contributed by atoms with E-state index in [2.05, 4.69) is 60.7 Å². The van der Waals surface area contributed by atoms with Crippen molar-refractivity contribution < 1.29 is 119 Å². The smallest absolute Gasteiger partial charge is 0.407 e. The summed E-state index contributed by atoms with van der Waals surface area (Å²) in [6.07, 6.45) is 5.01. The summed E-state index contributed by atoms with van der Waals surface area (Å²) in [6, 6.07) is -1.30. The Kier molecular flexibility index (Phi) is 36.9. The average Bonchev–Trinajstić information content (AvgIpc) is 1.01. The highest BCUT2D eigenvalue weighted by Gasteiger charge is 2.45. The third kappa shape index (κ3) is 36.2. The van der Waals surface area contributed by atoms with Gasteiger partial charge in [0.25, 0.3) is 0 Å². The van der Waals surface area contributed by atoms with Crippen LogP contribution < -0.4 is 21.3 Å². The lowest BCUT2D eigenvalue weighted by molar-refractivity contribution is -0.156. The van der Waals surface area contributed by atoms with Gasteiger partial charge in [0.2, 0.25) is 8.32 Å². The number of esters is 6. The van der Waals surface area contributed by atoms with Crippen molar-refractivity contribution in [2.75, 3.05) is 106 Å². The second-order valence-electron chi connectivity index (χ2n) is 26.1. The van der Waals surface area contributed by atoms with E-state index in [1.165, 1.54) is 0 Å². The summed E-state index contributed by atoms with van der Waals surface area (Å²) in [7, 11) is -2.50. The number of ether oxygens (including phenoxy) is 14. The zero-order valence-corrected chi connectivity index (χ0v) is 57.8. The Balaban J connectivity index is 1.89. The maximum atomic E-state index is 13.6. The van der Waals surface area contributed by atoms with Crippen molar-refractivity contribution in [3.63, 3.8) is 0 Å². The molecule has 536 valence electrons. The summed E-state index contributed by atoms with van der Waals surface area (Å²) in [4.78, 5) is 125. The maximum Gasteiger partial charge on any atom is 0.407 e. The van der Waals surface area contributed by atoms with Crippen molar-refractivity contribution in [3.8, 4) is 0 Å². The van der Waals surface area contributed by atoms with Gasteiger partial charge in [-0.2, -0.15) is 0 Å². The number of carbonyl (C=O) groups is 10. The molecule has 6 atom stereocenters. The van der Waals surface area contributed by atoms with E-state index in [1.54, 1.807) is 13.8 Å². The Bertz CT molecular complexity index is 2550. The van der Waals surface area contributed by atoms with Crippen LogP contribution in [-0.4, -0.2) is 210 Å². The minimum atomic E-state index is -2.50. The van der Waals surface area contributed by atoms with Crippen LogP contribution in [-0.2, 0) is 99.5 Å². The van der Waals surface area contributed by atoms with Crippen molar-refractivity contribution in [2.24, 2.45) is 21.7 Å². The Morgan fingerprint density at radius 2 is 0.821 bits per heavy atom. The molecule has 30 heteroatoms. The fourth-order valence-electron chi connectivity index (χ4n) is 10.5. The van der Waals surface area contributed by atoms with Gasteiger partial charge in [-0.1, -0.05) is 67.2 Å². The monoisotopic (exact) mass is 1370 g/mol. The standard InChI is InChI=1S/C65H102N4O25Si/c1-16-51(70)84-26-22-24-80-36-64(38-86-53(72)18-3,39-87-54(73)19-4)42-90-57(76)66-48-28-49(30-61(9,10)29-48)67-58(77)93-46(7)33-82-44-92-95(14,15)45-83-34-47(8)94-59(78)68-50-31-62(11,12)35-63(13,32-50)69-60(79)91-43-65(40-88-55(74)20-5,41-89-56(75)21-6)37-81-25-23-27-85-52(71)17-2/h16-21,46-50H,1-6,22-45H2,7-15H3,(H,66,76)(H,67,77)(H,68,78)(H,69,79). The van der Waals surface area contributed by atoms with E-state index in [0.717, 1.165) is 36.5 Å². The summed E-state index contributed by atoms with van der Waals surface area (Å²) < 4.78 is 83.2. The third-order valence-electron chi connectivity index (χ3n) is 14.5. The molecule has 29 nitrogen and oxygen atoms in total. The maximum absolute atomic E-state index is 13.6. The van der Waals surface area contributed by atoms with E-state index < -0.39 is 155 Å². The first kappa shape index (κ1) is 83.4. The van der Waals surface area contributed by atoms with Crippen molar-refractivity contribution in [1.29, 1.82) is 0 Å². The van der Waals surface area contributed by atoms with E-state index in [4.69, 9.17) is 70.7 Å². The molecular weight excluding hydrogens is 1260 g/mol. The molecule has 0 heterocycles.